The minimum absolute atomic E-state index is 0.137. The van der Waals surface area contributed by atoms with Crippen molar-refractivity contribution in [2.24, 2.45) is 0 Å². The highest BCUT2D eigenvalue weighted by Gasteiger charge is 2.21. The van der Waals surface area contributed by atoms with Crippen LogP contribution in [0.4, 0.5) is 10.5 Å². The fraction of sp³-hybridized carbons (Fsp3) is 0.222. The average molecular weight is 310 g/mol. The third-order valence-electron chi connectivity index (χ3n) is 3.77. The van der Waals surface area contributed by atoms with E-state index >= 15 is 0 Å². The standard InChI is InChI=1S/C18H18N2O3/c1-13(21)19-16-6-8-17(9-7-16)23-18(22)20-11-10-14-4-2-3-5-15(14)12-20/h2-9H,10-12H2,1H3,(H,19,21). The van der Waals surface area contributed by atoms with Crippen LogP contribution < -0.4 is 10.1 Å². The van der Waals surface area contributed by atoms with Crippen molar-refractivity contribution in [1.82, 2.24) is 4.90 Å². The topological polar surface area (TPSA) is 58.6 Å². The van der Waals surface area contributed by atoms with Gasteiger partial charge in [-0.05, 0) is 41.8 Å². The van der Waals surface area contributed by atoms with Crippen LogP contribution in [0.2, 0.25) is 0 Å². The van der Waals surface area contributed by atoms with Crippen molar-refractivity contribution in [2.45, 2.75) is 19.9 Å². The first-order valence-electron chi connectivity index (χ1n) is 7.53. The van der Waals surface area contributed by atoms with Gasteiger partial charge in [0.25, 0.3) is 0 Å². The quantitative estimate of drug-likeness (QED) is 0.926. The minimum Gasteiger partial charge on any atom is -0.410 e. The fourth-order valence-corrected chi connectivity index (χ4v) is 2.63. The lowest BCUT2D eigenvalue weighted by Gasteiger charge is -2.27. The lowest BCUT2D eigenvalue weighted by molar-refractivity contribution is -0.114. The van der Waals surface area contributed by atoms with Crippen molar-refractivity contribution in [3.05, 3.63) is 59.7 Å². The zero-order valence-electron chi connectivity index (χ0n) is 12.9. The second kappa shape index (κ2) is 6.52. The van der Waals surface area contributed by atoms with Gasteiger partial charge in [0, 0.05) is 25.7 Å². The van der Waals surface area contributed by atoms with Crippen LogP contribution >= 0.6 is 0 Å². The molecule has 0 saturated heterocycles. The fourth-order valence-electron chi connectivity index (χ4n) is 2.63. The maximum absolute atomic E-state index is 12.3. The molecule has 5 nitrogen and oxygen atoms in total. The summed E-state index contributed by atoms with van der Waals surface area (Å²) < 4.78 is 5.40. The molecule has 0 radical (unpaired) electrons. The van der Waals surface area contributed by atoms with Crippen molar-refractivity contribution in [2.75, 3.05) is 11.9 Å². The molecule has 3 rings (SSSR count). The smallest absolute Gasteiger partial charge is 0.410 e. The van der Waals surface area contributed by atoms with Crippen LogP contribution in [0, 0.1) is 0 Å². The molecule has 118 valence electrons. The van der Waals surface area contributed by atoms with Crippen molar-refractivity contribution < 1.29 is 14.3 Å². The van der Waals surface area contributed by atoms with Gasteiger partial charge in [-0.3, -0.25) is 4.79 Å². The van der Waals surface area contributed by atoms with Gasteiger partial charge >= 0.3 is 6.09 Å². The van der Waals surface area contributed by atoms with E-state index in [2.05, 4.69) is 11.4 Å². The summed E-state index contributed by atoms with van der Waals surface area (Å²) in [4.78, 5) is 25.0. The molecule has 1 N–H and O–H groups in total. The lowest BCUT2D eigenvalue weighted by Crippen LogP contribution is -2.37. The number of nitrogens with one attached hydrogen (secondary N) is 1. The highest BCUT2D eigenvalue weighted by atomic mass is 16.6. The minimum atomic E-state index is -0.355. The first-order valence-corrected chi connectivity index (χ1v) is 7.53. The summed E-state index contributed by atoms with van der Waals surface area (Å²) in [6.07, 6.45) is 0.485. The molecule has 0 fully saturated rings. The number of carbonyl (C=O) groups is 2. The van der Waals surface area contributed by atoms with E-state index in [1.165, 1.54) is 12.5 Å². The molecule has 1 aliphatic rings. The monoisotopic (exact) mass is 310 g/mol. The van der Waals surface area contributed by atoms with Crippen LogP contribution in [0.5, 0.6) is 5.75 Å². The highest BCUT2D eigenvalue weighted by molar-refractivity contribution is 5.88. The molecule has 0 atom stereocenters. The van der Waals surface area contributed by atoms with E-state index in [0.717, 1.165) is 12.0 Å². The largest absolute Gasteiger partial charge is 0.415 e. The molecule has 5 heteroatoms. The Morgan fingerprint density at radius 2 is 1.74 bits per heavy atom. The van der Waals surface area contributed by atoms with Gasteiger partial charge in [0.1, 0.15) is 5.75 Å². The molecule has 0 unspecified atom stereocenters. The zero-order valence-corrected chi connectivity index (χ0v) is 12.9. The van der Waals surface area contributed by atoms with Gasteiger partial charge in [-0.2, -0.15) is 0 Å². The Labute approximate surface area is 134 Å². The molecule has 23 heavy (non-hydrogen) atoms. The molecule has 2 aromatic carbocycles. The number of anilines is 1. The van der Waals surface area contributed by atoms with E-state index in [1.807, 2.05) is 18.2 Å². The maximum Gasteiger partial charge on any atom is 0.415 e. The van der Waals surface area contributed by atoms with Gasteiger partial charge in [0.05, 0.1) is 0 Å². The molecular formula is C18H18N2O3. The second-order valence-electron chi connectivity index (χ2n) is 5.51. The van der Waals surface area contributed by atoms with Crippen molar-refractivity contribution in [3.63, 3.8) is 0 Å². The second-order valence-corrected chi connectivity index (χ2v) is 5.51. The van der Waals surface area contributed by atoms with E-state index in [-0.39, 0.29) is 12.0 Å². The van der Waals surface area contributed by atoms with E-state index in [0.29, 0.717) is 24.5 Å². The molecule has 1 aliphatic heterocycles. The summed E-state index contributed by atoms with van der Waals surface area (Å²) in [6, 6.07) is 14.9. The van der Waals surface area contributed by atoms with Crippen LogP contribution in [-0.4, -0.2) is 23.4 Å². The van der Waals surface area contributed by atoms with Gasteiger partial charge in [0.2, 0.25) is 5.91 Å². The Balaban J connectivity index is 1.62. The number of fused-ring (bicyclic) bond motifs is 1. The number of ether oxygens (including phenoxy) is 1. The molecule has 2 amide bonds. The van der Waals surface area contributed by atoms with Gasteiger partial charge in [-0.15, -0.1) is 0 Å². The molecule has 1 heterocycles. The molecule has 0 aliphatic carbocycles. The molecule has 0 aromatic heterocycles. The summed E-state index contributed by atoms with van der Waals surface area (Å²) >= 11 is 0. The SMILES string of the molecule is CC(=O)Nc1ccc(OC(=O)N2CCc3ccccc3C2)cc1. The Bertz CT molecular complexity index is 725. The summed E-state index contributed by atoms with van der Waals surface area (Å²) in [5, 5.41) is 2.67. The zero-order chi connectivity index (χ0) is 16.2. The predicted octanol–water partition coefficient (Wildman–Crippen LogP) is 3.20. The first-order chi connectivity index (χ1) is 11.1. The van der Waals surface area contributed by atoms with Crippen LogP contribution in [0.3, 0.4) is 0 Å². The first kappa shape index (κ1) is 15.1. The van der Waals surface area contributed by atoms with Gasteiger partial charge in [-0.1, -0.05) is 24.3 Å². The summed E-state index contributed by atoms with van der Waals surface area (Å²) in [7, 11) is 0. The Kier molecular flexibility index (Phi) is 4.28. The third kappa shape index (κ3) is 3.69. The summed E-state index contributed by atoms with van der Waals surface area (Å²) in [6.45, 7) is 2.67. The van der Waals surface area contributed by atoms with Crippen LogP contribution in [-0.2, 0) is 17.8 Å². The number of hydrogen-bond acceptors (Lipinski definition) is 3. The number of amides is 2. The summed E-state index contributed by atoms with van der Waals surface area (Å²) in [5.74, 6) is 0.324. The summed E-state index contributed by atoms with van der Waals surface area (Å²) in [5.41, 5.74) is 3.12. The molecular weight excluding hydrogens is 292 g/mol. The van der Waals surface area contributed by atoms with Crippen LogP contribution in [0.25, 0.3) is 0 Å². The lowest BCUT2D eigenvalue weighted by atomic mass is 10.0. The Morgan fingerprint density at radius 3 is 2.43 bits per heavy atom. The number of rotatable bonds is 2. The van der Waals surface area contributed by atoms with Gasteiger partial charge in [-0.25, -0.2) is 4.79 Å². The predicted molar refractivity (Wildman–Crippen MR) is 87.3 cm³/mol. The van der Waals surface area contributed by atoms with Crippen molar-refractivity contribution >= 4 is 17.7 Å². The highest BCUT2D eigenvalue weighted by Crippen LogP contribution is 2.21. The van der Waals surface area contributed by atoms with Crippen molar-refractivity contribution in [1.29, 1.82) is 0 Å². The number of carbonyl (C=O) groups excluding carboxylic acids is 2. The Morgan fingerprint density at radius 1 is 1.04 bits per heavy atom. The maximum atomic E-state index is 12.3. The molecule has 2 aromatic rings. The number of hydrogen-bond donors (Lipinski definition) is 1. The molecule has 0 spiro atoms. The van der Waals surface area contributed by atoms with Crippen LogP contribution in [0.15, 0.2) is 48.5 Å². The van der Waals surface area contributed by atoms with E-state index in [4.69, 9.17) is 4.74 Å². The van der Waals surface area contributed by atoms with E-state index in [9.17, 15) is 9.59 Å². The molecule has 0 bridgehead atoms. The number of benzene rings is 2. The normalized spacial score (nSPS) is 13.2. The number of nitrogens with zero attached hydrogens (tertiary/aromatic N) is 1. The third-order valence-corrected chi connectivity index (χ3v) is 3.77. The average Bonchev–Trinajstić information content (AvgIpc) is 2.55. The Hall–Kier alpha value is -2.82. The molecule has 0 saturated carbocycles. The van der Waals surface area contributed by atoms with Crippen molar-refractivity contribution in [3.8, 4) is 5.75 Å². The van der Waals surface area contributed by atoms with Crippen LogP contribution in [0.1, 0.15) is 18.1 Å². The van der Waals surface area contributed by atoms with Gasteiger partial charge in [0.15, 0.2) is 0 Å². The van der Waals surface area contributed by atoms with E-state index in [1.54, 1.807) is 29.2 Å². The van der Waals surface area contributed by atoms with Gasteiger partial charge < -0.3 is 15.0 Å². The van der Waals surface area contributed by atoms with E-state index < -0.39 is 0 Å².